The molecule has 0 aliphatic heterocycles. The Morgan fingerprint density at radius 1 is 0.438 bits per heavy atom. The second-order valence-electron chi connectivity index (χ2n) is 7.43. The molecule has 4 nitrogen and oxygen atoms in total. The van der Waals surface area contributed by atoms with Gasteiger partial charge in [0.15, 0.2) is 0 Å². The molecule has 0 aliphatic carbocycles. The van der Waals surface area contributed by atoms with Gasteiger partial charge in [-0.25, -0.2) is 0 Å². The largest absolute Gasteiger partial charge is 0.496 e. The van der Waals surface area contributed by atoms with Gasteiger partial charge in [0.05, 0.1) is 28.4 Å². The lowest BCUT2D eigenvalue weighted by Gasteiger charge is -2.11. The topological polar surface area (TPSA) is 36.9 Å². The summed E-state index contributed by atoms with van der Waals surface area (Å²) in [7, 11) is 6.68. The Morgan fingerprint density at radius 2 is 0.688 bits per heavy atom. The smallest absolute Gasteiger partial charge is 0.126 e. The van der Waals surface area contributed by atoms with Crippen molar-refractivity contribution in [3.63, 3.8) is 0 Å². The van der Waals surface area contributed by atoms with Gasteiger partial charge >= 0.3 is 0 Å². The SMILES string of the molecule is COc1cc(C=Cc2ccc(C=Cc3cc(OC)c(C)c(OC)c3)cc2)cc(OC)c1C. The Bertz CT molecular complexity index is 984. The molecule has 0 fully saturated rings. The number of methoxy groups -OCH3 is 4. The molecule has 0 heterocycles. The lowest BCUT2D eigenvalue weighted by Crippen LogP contribution is -1.93. The molecule has 0 amide bonds. The quantitative estimate of drug-likeness (QED) is 0.374. The van der Waals surface area contributed by atoms with Crippen molar-refractivity contribution in [3.05, 3.63) is 81.9 Å². The van der Waals surface area contributed by atoms with Gasteiger partial charge in [0.2, 0.25) is 0 Å². The molecule has 0 radical (unpaired) electrons. The van der Waals surface area contributed by atoms with E-state index in [1.54, 1.807) is 28.4 Å². The van der Waals surface area contributed by atoms with Crippen LogP contribution in [0.1, 0.15) is 33.4 Å². The average molecular weight is 431 g/mol. The van der Waals surface area contributed by atoms with E-state index in [1.807, 2.05) is 38.1 Å². The van der Waals surface area contributed by atoms with Crippen LogP contribution in [0.3, 0.4) is 0 Å². The zero-order valence-corrected chi connectivity index (χ0v) is 19.6. The summed E-state index contributed by atoms with van der Waals surface area (Å²) in [6, 6.07) is 16.4. The predicted octanol–water partition coefficient (Wildman–Crippen LogP) is 6.68. The number of hydrogen-bond donors (Lipinski definition) is 0. The molecular formula is C28H30O4. The first kappa shape index (κ1) is 23.0. The van der Waals surface area contributed by atoms with Crippen LogP contribution in [0.4, 0.5) is 0 Å². The van der Waals surface area contributed by atoms with Crippen molar-refractivity contribution in [3.8, 4) is 23.0 Å². The van der Waals surface area contributed by atoms with Crippen LogP contribution in [0.25, 0.3) is 24.3 Å². The van der Waals surface area contributed by atoms with Gasteiger partial charge in [-0.3, -0.25) is 0 Å². The zero-order valence-electron chi connectivity index (χ0n) is 19.6. The molecule has 0 bridgehead atoms. The summed E-state index contributed by atoms with van der Waals surface area (Å²) in [6.07, 6.45) is 8.26. The fraction of sp³-hybridized carbons (Fsp3) is 0.214. The summed E-state index contributed by atoms with van der Waals surface area (Å²) in [4.78, 5) is 0. The van der Waals surface area contributed by atoms with Crippen LogP contribution in [-0.2, 0) is 0 Å². The average Bonchev–Trinajstić information content (AvgIpc) is 2.83. The van der Waals surface area contributed by atoms with Crippen molar-refractivity contribution in [1.29, 1.82) is 0 Å². The molecule has 4 heteroatoms. The van der Waals surface area contributed by atoms with Crippen LogP contribution in [0.5, 0.6) is 23.0 Å². The molecule has 0 spiro atoms. The van der Waals surface area contributed by atoms with E-state index in [-0.39, 0.29) is 0 Å². The molecule has 0 aromatic heterocycles. The monoisotopic (exact) mass is 430 g/mol. The fourth-order valence-electron chi connectivity index (χ4n) is 3.51. The Hall–Kier alpha value is -3.66. The van der Waals surface area contributed by atoms with Gasteiger partial charge in [-0.15, -0.1) is 0 Å². The summed E-state index contributed by atoms with van der Waals surface area (Å²) in [6.45, 7) is 3.97. The van der Waals surface area contributed by atoms with Gasteiger partial charge < -0.3 is 18.9 Å². The first-order valence-electron chi connectivity index (χ1n) is 10.4. The highest BCUT2D eigenvalue weighted by molar-refractivity contribution is 5.75. The summed E-state index contributed by atoms with van der Waals surface area (Å²) >= 11 is 0. The summed E-state index contributed by atoms with van der Waals surface area (Å²) in [5, 5.41) is 0. The highest BCUT2D eigenvalue weighted by Gasteiger charge is 2.08. The van der Waals surface area contributed by atoms with Crippen molar-refractivity contribution in [1.82, 2.24) is 0 Å². The molecule has 0 unspecified atom stereocenters. The molecule has 0 aliphatic rings. The molecule has 0 saturated heterocycles. The number of hydrogen-bond acceptors (Lipinski definition) is 4. The van der Waals surface area contributed by atoms with Gasteiger partial charge in [0.25, 0.3) is 0 Å². The molecular weight excluding hydrogens is 400 g/mol. The fourth-order valence-corrected chi connectivity index (χ4v) is 3.51. The van der Waals surface area contributed by atoms with Crippen LogP contribution < -0.4 is 18.9 Å². The van der Waals surface area contributed by atoms with E-state index >= 15 is 0 Å². The van der Waals surface area contributed by atoms with Crippen molar-refractivity contribution < 1.29 is 18.9 Å². The third-order valence-corrected chi connectivity index (χ3v) is 5.42. The lowest BCUT2D eigenvalue weighted by molar-refractivity contribution is 0.388. The van der Waals surface area contributed by atoms with Crippen LogP contribution in [0, 0.1) is 13.8 Å². The molecule has 3 aromatic rings. The van der Waals surface area contributed by atoms with Crippen LogP contribution in [0.15, 0.2) is 48.5 Å². The van der Waals surface area contributed by atoms with E-state index in [0.29, 0.717) is 0 Å². The highest BCUT2D eigenvalue weighted by atomic mass is 16.5. The van der Waals surface area contributed by atoms with Crippen molar-refractivity contribution in [2.75, 3.05) is 28.4 Å². The first-order chi connectivity index (χ1) is 15.5. The van der Waals surface area contributed by atoms with E-state index in [1.165, 1.54) is 0 Å². The maximum absolute atomic E-state index is 5.46. The number of ether oxygens (including phenoxy) is 4. The van der Waals surface area contributed by atoms with Crippen molar-refractivity contribution in [2.45, 2.75) is 13.8 Å². The Kier molecular flexibility index (Phi) is 7.61. The summed E-state index contributed by atoms with van der Waals surface area (Å²) in [5.74, 6) is 3.26. The molecule has 0 atom stereocenters. The first-order valence-corrected chi connectivity index (χ1v) is 10.4. The second-order valence-corrected chi connectivity index (χ2v) is 7.43. The van der Waals surface area contributed by atoms with E-state index in [2.05, 4.69) is 48.6 Å². The van der Waals surface area contributed by atoms with Crippen molar-refractivity contribution in [2.24, 2.45) is 0 Å². The van der Waals surface area contributed by atoms with Gasteiger partial charge in [0, 0.05) is 11.1 Å². The predicted molar refractivity (Wildman–Crippen MR) is 133 cm³/mol. The van der Waals surface area contributed by atoms with E-state index in [9.17, 15) is 0 Å². The minimum Gasteiger partial charge on any atom is -0.496 e. The highest BCUT2D eigenvalue weighted by Crippen LogP contribution is 2.31. The normalized spacial score (nSPS) is 11.2. The third kappa shape index (κ3) is 5.33. The van der Waals surface area contributed by atoms with Crippen molar-refractivity contribution >= 4 is 24.3 Å². The third-order valence-electron chi connectivity index (χ3n) is 5.42. The van der Waals surface area contributed by atoms with E-state index < -0.39 is 0 Å². The Balaban J connectivity index is 1.76. The second kappa shape index (κ2) is 10.6. The molecule has 166 valence electrons. The van der Waals surface area contributed by atoms with E-state index in [4.69, 9.17) is 18.9 Å². The van der Waals surface area contributed by atoms with Crippen LogP contribution in [-0.4, -0.2) is 28.4 Å². The molecule has 3 rings (SSSR count). The summed E-state index contributed by atoms with van der Waals surface area (Å²) in [5.41, 5.74) is 6.25. The maximum atomic E-state index is 5.46. The standard InChI is InChI=1S/C28H30O4/c1-19-25(29-3)15-23(16-26(19)30-4)13-11-21-7-9-22(10-8-21)12-14-24-17-27(31-5)20(2)28(18-24)32-6/h7-18H,1-6H3. The molecule has 0 N–H and O–H groups in total. The molecule has 32 heavy (non-hydrogen) atoms. The zero-order chi connectivity index (χ0) is 23.1. The molecule has 0 saturated carbocycles. The number of benzene rings is 3. The number of rotatable bonds is 8. The summed E-state index contributed by atoms with van der Waals surface area (Å²) < 4.78 is 21.8. The van der Waals surface area contributed by atoms with E-state index in [0.717, 1.165) is 56.4 Å². The Labute approximate surface area is 190 Å². The van der Waals surface area contributed by atoms with Gasteiger partial charge in [-0.2, -0.15) is 0 Å². The van der Waals surface area contributed by atoms with Crippen LogP contribution >= 0.6 is 0 Å². The van der Waals surface area contributed by atoms with Gasteiger partial charge in [-0.05, 0) is 60.4 Å². The van der Waals surface area contributed by atoms with Gasteiger partial charge in [0.1, 0.15) is 23.0 Å². The van der Waals surface area contributed by atoms with Crippen LogP contribution in [0.2, 0.25) is 0 Å². The minimum atomic E-state index is 0.814. The lowest BCUT2D eigenvalue weighted by atomic mass is 10.1. The molecule has 3 aromatic carbocycles. The Morgan fingerprint density at radius 3 is 0.938 bits per heavy atom. The minimum absolute atomic E-state index is 0.814. The van der Waals surface area contributed by atoms with Gasteiger partial charge in [-0.1, -0.05) is 48.6 Å². The maximum Gasteiger partial charge on any atom is 0.126 e.